The van der Waals surface area contributed by atoms with Crippen LogP contribution in [0.4, 0.5) is 8.78 Å². The average molecular weight is 305 g/mol. The summed E-state index contributed by atoms with van der Waals surface area (Å²) in [7, 11) is 0. The van der Waals surface area contributed by atoms with Crippen molar-refractivity contribution in [1.82, 2.24) is 0 Å². The van der Waals surface area contributed by atoms with Gasteiger partial charge in [-0.15, -0.1) is 0 Å². The van der Waals surface area contributed by atoms with Crippen LogP contribution in [0.1, 0.15) is 37.7 Å². The van der Waals surface area contributed by atoms with Gasteiger partial charge in [0.15, 0.2) is 11.6 Å². The smallest absolute Gasteiger partial charge is 0.221 e. The third-order valence-electron chi connectivity index (χ3n) is 2.96. The molecule has 0 heterocycles. The molecule has 0 bridgehead atoms. The SMILES string of the molecule is O=C(Cl)CCCCCCOCCc1cccc(F)c1F. The summed E-state index contributed by atoms with van der Waals surface area (Å²) in [4.78, 5) is 10.5. The summed E-state index contributed by atoms with van der Waals surface area (Å²) < 4.78 is 31.6. The van der Waals surface area contributed by atoms with Crippen LogP contribution in [-0.4, -0.2) is 18.5 Å². The van der Waals surface area contributed by atoms with Gasteiger partial charge < -0.3 is 4.74 Å². The number of carbonyl (C=O) groups is 1. The van der Waals surface area contributed by atoms with Gasteiger partial charge in [0.05, 0.1) is 6.61 Å². The number of hydrogen-bond acceptors (Lipinski definition) is 2. The van der Waals surface area contributed by atoms with Crippen molar-refractivity contribution in [2.45, 2.75) is 38.5 Å². The summed E-state index contributed by atoms with van der Waals surface area (Å²) in [5, 5.41) is -0.293. The second-order valence-electron chi connectivity index (χ2n) is 4.59. The van der Waals surface area contributed by atoms with E-state index < -0.39 is 11.6 Å². The molecule has 0 fully saturated rings. The monoisotopic (exact) mass is 304 g/mol. The molecule has 0 aliphatic heterocycles. The largest absolute Gasteiger partial charge is 0.381 e. The molecule has 0 aromatic heterocycles. The Morgan fingerprint density at radius 1 is 1.10 bits per heavy atom. The first-order chi connectivity index (χ1) is 9.61. The third kappa shape index (κ3) is 6.96. The molecule has 0 saturated carbocycles. The van der Waals surface area contributed by atoms with Crippen LogP contribution in [0.3, 0.4) is 0 Å². The van der Waals surface area contributed by atoms with E-state index in [2.05, 4.69) is 0 Å². The molecule has 0 amide bonds. The van der Waals surface area contributed by atoms with Crippen LogP contribution in [0.15, 0.2) is 18.2 Å². The summed E-state index contributed by atoms with van der Waals surface area (Å²) >= 11 is 5.22. The van der Waals surface area contributed by atoms with Gasteiger partial charge in [0.25, 0.3) is 0 Å². The van der Waals surface area contributed by atoms with Gasteiger partial charge in [0.2, 0.25) is 5.24 Å². The molecule has 0 aliphatic carbocycles. The lowest BCUT2D eigenvalue weighted by Gasteiger charge is -2.06. The minimum atomic E-state index is -0.823. The maximum Gasteiger partial charge on any atom is 0.221 e. The van der Waals surface area contributed by atoms with Crippen LogP contribution >= 0.6 is 11.6 Å². The molecule has 0 N–H and O–H groups in total. The van der Waals surface area contributed by atoms with Crippen molar-refractivity contribution in [2.75, 3.05) is 13.2 Å². The number of halogens is 3. The fourth-order valence-electron chi connectivity index (χ4n) is 1.85. The predicted octanol–water partition coefficient (Wildman–Crippen LogP) is 4.24. The zero-order valence-corrected chi connectivity index (χ0v) is 12.1. The van der Waals surface area contributed by atoms with Gasteiger partial charge >= 0.3 is 0 Å². The highest BCUT2D eigenvalue weighted by Crippen LogP contribution is 2.12. The Bertz CT molecular complexity index is 424. The van der Waals surface area contributed by atoms with Crippen molar-refractivity contribution in [1.29, 1.82) is 0 Å². The zero-order valence-electron chi connectivity index (χ0n) is 11.3. The van der Waals surface area contributed by atoms with E-state index in [0.717, 1.165) is 31.7 Å². The van der Waals surface area contributed by atoms with Crippen LogP contribution in [0.25, 0.3) is 0 Å². The van der Waals surface area contributed by atoms with Gasteiger partial charge in [-0.2, -0.15) is 0 Å². The lowest BCUT2D eigenvalue weighted by molar-refractivity contribution is -0.111. The molecule has 0 radical (unpaired) electrons. The molecule has 5 heteroatoms. The van der Waals surface area contributed by atoms with Gasteiger partial charge in [-0.3, -0.25) is 4.79 Å². The summed E-state index contributed by atoms with van der Waals surface area (Å²) in [5.74, 6) is -1.61. The standard InChI is InChI=1S/C15H19ClF2O2/c16-14(19)8-3-1-2-4-10-20-11-9-12-6-5-7-13(17)15(12)18/h5-7H,1-4,8-11H2. The second-order valence-corrected chi connectivity index (χ2v) is 5.02. The van der Waals surface area contributed by atoms with Crippen LogP contribution in [0.2, 0.25) is 0 Å². The lowest BCUT2D eigenvalue weighted by atomic mass is 10.1. The van der Waals surface area contributed by atoms with Crippen molar-refractivity contribution in [3.05, 3.63) is 35.4 Å². The molecule has 0 spiro atoms. The first-order valence-electron chi connectivity index (χ1n) is 6.80. The minimum absolute atomic E-state index is 0.293. The normalized spacial score (nSPS) is 10.8. The Balaban J connectivity index is 2.02. The quantitative estimate of drug-likeness (QED) is 0.477. The van der Waals surface area contributed by atoms with E-state index in [-0.39, 0.29) is 5.24 Å². The summed E-state index contributed by atoms with van der Waals surface area (Å²) in [6.07, 6.45) is 4.39. The molecule has 20 heavy (non-hydrogen) atoms. The molecule has 0 saturated heterocycles. The highest BCUT2D eigenvalue weighted by Gasteiger charge is 2.06. The van der Waals surface area contributed by atoms with Gasteiger partial charge in [-0.1, -0.05) is 25.0 Å². The van der Waals surface area contributed by atoms with Crippen LogP contribution in [0, 0.1) is 11.6 Å². The first kappa shape index (κ1) is 17.1. The Morgan fingerprint density at radius 2 is 1.85 bits per heavy atom. The van der Waals surface area contributed by atoms with Crippen molar-refractivity contribution in [3.63, 3.8) is 0 Å². The van der Waals surface area contributed by atoms with E-state index in [4.69, 9.17) is 16.3 Å². The Hall–Kier alpha value is -1.00. The molecule has 1 aromatic rings. The van der Waals surface area contributed by atoms with Gasteiger partial charge in [0.1, 0.15) is 0 Å². The summed E-state index contributed by atoms with van der Waals surface area (Å²) in [6, 6.07) is 4.15. The average Bonchev–Trinajstić information content (AvgIpc) is 2.41. The third-order valence-corrected chi connectivity index (χ3v) is 3.15. The van der Waals surface area contributed by atoms with Crippen molar-refractivity contribution in [3.8, 4) is 0 Å². The molecule has 0 aliphatic rings. The number of ether oxygens (including phenoxy) is 1. The van der Waals surface area contributed by atoms with Crippen molar-refractivity contribution < 1.29 is 18.3 Å². The molecular weight excluding hydrogens is 286 g/mol. The van der Waals surface area contributed by atoms with E-state index in [1.165, 1.54) is 6.07 Å². The molecule has 1 aromatic carbocycles. The lowest BCUT2D eigenvalue weighted by Crippen LogP contribution is -2.03. The van der Waals surface area contributed by atoms with Crippen LogP contribution < -0.4 is 0 Å². The fraction of sp³-hybridized carbons (Fsp3) is 0.533. The summed E-state index contributed by atoms with van der Waals surface area (Å²) in [6.45, 7) is 0.965. The van der Waals surface area contributed by atoms with Crippen LogP contribution in [0.5, 0.6) is 0 Å². The molecule has 112 valence electrons. The first-order valence-corrected chi connectivity index (χ1v) is 7.18. The second kappa shape index (κ2) is 9.83. The maximum absolute atomic E-state index is 13.3. The van der Waals surface area contributed by atoms with Gasteiger partial charge in [-0.05, 0) is 42.5 Å². The van der Waals surface area contributed by atoms with Gasteiger partial charge in [-0.25, -0.2) is 8.78 Å². The molecule has 0 atom stereocenters. The highest BCUT2D eigenvalue weighted by molar-refractivity contribution is 6.63. The molecule has 0 unspecified atom stereocenters. The minimum Gasteiger partial charge on any atom is -0.381 e. The van der Waals surface area contributed by atoms with Crippen molar-refractivity contribution in [2.24, 2.45) is 0 Å². The maximum atomic E-state index is 13.3. The Morgan fingerprint density at radius 3 is 2.60 bits per heavy atom. The highest BCUT2D eigenvalue weighted by atomic mass is 35.5. The number of hydrogen-bond donors (Lipinski definition) is 0. The number of unbranched alkanes of at least 4 members (excludes halogenated alkanes) is 3. The van der Waals surface area contributed by atoms with Crippen molar-refractivity contribution >= 4 is 16.8 Å². The molecule has 1 rings (SSSR count). The molecular formula is C15H19ClF2O2. The van der Waals surface area contributed by atoms with Crippen LogP contribution in [-0.2, 0) is 16.0 Å². The van der Waals surface area contributed by atoms with E-state index >= 15 is 0 Å². The fourth-order valence-corrected chi connectivity index (χ4v) is 1.98. The van der Waals surface area contributed by atoms with E-state index in [0.29, 0.717) is 31.6 Å². The summed E-state index contributed by atoms with van der Waals surface area (Å²) in [5.41, 5.74) is 0.339. The molecule has 2 nitrogen and oxygen atoms in total. The Labute approximate surface area is 123 Å². The van der Waals surface area contributed by atoms with E-state index in [9.17, 15) is 13.6 Å². The Kier molecular flexibility index (Phi) is 8.38. The predicted molar refractivity (Wildman–Crippen MR) is 74.8 cm³/mol. The van der Waals surface area contributed by atoms with E-state index in [1.54, 1.807) is 6.07 Å². The topological polar surface area (TPSA) is 26.3 Å². The van der Waals surface area contributed by atoms with E-state index in [1.807, 2.05) is 0 Å². The van der Waals surface area contributed by atoms with Gasteiger partial charge in [0, 0.05) is 13.0 Å². The number of rotatable bonds is 10. The zero-order chi connectivity index (χ0) is 14.8. The number of carbonyl (C=O) groups excluding carboxylic acids is 1. The number of benzene rings is 1.